The van der Waals surface area contributed by atoms with Crippen LogP contribution in [-0.4, -0.2) is 19.1 Å². The highest BCUT2D eigenvalue weighted by molar-refractivity contribution is 4.71. The standard InChI is InChI=1S/C6H13N2/c7-5-6-3-1-2-4-8-6/h6H,1-5,7H2. The minimum Gasteiger partial charge on any atom is -0.329 e. The maximum Gasteiger partial charge on any atom is 0.0368 e. The molecule has 1 rings (SSSR count). The summed E-state index contributed by atoms with van der Waals surface area (Å²) in [4.78, 5) is 0. The average Bonchev–Trinajstić information content (AvgIpc) is 1.90. The summed E-state index contributed by atoms with van der Waals surface area (Å²) in [6, 6.07) is 0.490. The van der Waals surface area contributed by atoms with E-state index in [0.29, 0.717) is 6.04 Å². The van der Waals surface area contributed by atoms with Crippen molar-refractivity contribution in [2.75, 3.05) is 13.1 Å². The highest BCUT2D eigenvalue weighted by Crippen LogP contribution is 2.06. The zero-order valence-corrected chi connectivity index (χ0v) is 5.14. The molecule has 8 heavy (non-hydrogen) atoms. The van der Waals surface area contributed by atoms with Gasteiger partial charge in [0.05, 0.1) is 0 Å². The first-order chi connectivity index (χ1) is 3.93. The molecule has 1 atom stereocenters. The molecule has 0 saturated carbocycles. The molecule has 0 aromatic rings. The Hall–Kier alpha value is -0.0800. The molecule has 1 fully saturated rings. The second-order valence-electron chi connectivity index (χ2n) is 2.29. The van der Waals surface area contributed by atoms with Gasteiger partial charge in [0.15, 0.2) is 0 Å². The van der Waals surface area contributed by atoms with Crippen molar-refractivity contribution in [2.24, 2.45) is 5.73 Å². The van der Waals surface area contributed by atoms with Crippen LogP contribution >= 0.6 is 0 Å². The second kappa shape index (κ2) is 3.05. The van der Waals surface area contributed by atoms with Crippen molar-refractivity contribution in [2.45, 2.75) is 25.3 Å². The third-order valence-electron chi connectivity index (χ3n) is 1.60. The number of rotatable bonds is 1. The van der Waals surface area contributed by atoms with Gasteiger partial charge in [-0.05, 0) is 12.8 Å². The fraction of sp³-hybridized carbons (Fsp3) is 1.00. The summed E-state index contributed by atoms with van der Waals surface area (Å²) in [7, 11) is 0. The molecule has 47 valence electrons. The van der Waals surface area contributed by atoms with Crippen molar-refractivity contribution in [3.63, 3.8) is 0 Å². The molecule has 0 aromatic carbocycles. The molecule has 2 N–H and O–H groups in total. The van der Waals surface area contributed by atoms with Crippen LogP contribution in [-0.2, 0) is 0 Å². The van der Waals surface area contributed by atoms with Gasteiger partial charge in [0.2, 0.25) is 0 Å². The Morgan fingerprint density at radius 1 is 1.50 bits per heavy atom. The van der Waals surface area contributed by atoms with E-state index >= 15 is 0 Å². The Morgan fingerprint density at radius 2 is 2.38 bits per heavy atom. The first-order valence-corrected chi connectivity index (χ1v) is 3.30. The minimum absolute atomic E-state index is 0.490. The maximum absolute atomic E-state index is 5.41. The zero-order chi connectivity index (χ0) is 5.82. The Bertz CT molecular complexity index is 57.5. The number of nitrogens with zero attached hydrogens (tertiary/aromatic N) is 1. The lowest BCUT2D eigenvalue weighted by Crippen LogP contribution is -2.34. The van der Waals surface area contributed by atoms with Crippen LogP contribution in [0.3, 0.4) is 0 Å². The van der Waals surface area contributed by atoms with E-state index in [9.17, 15) is 0 Å². The van der Waals surface area contributed by atoms with Crippen LogP contribution in [0, 0.1) is 0 Å². The molecule has 1 heterocycles. The molecule has 0 spiro atoms. The van der Waals surface area contributed by atoms with Crippen molar-refractivity contribution in [3.05, 3.63) is 0 Å². The van der Waals surface area contributed by atoms with Crippen LogP contribution in [0.25, 0.3) is 0 Å². The predicted molar refractivity (Wildman–Crippen MR) is 33.7 cm³/mol. The van der Waals surface area contributed by atoms with E-state index in [4.69, 9.17) is 5.73 Å². The zero-order valence-electron chi connectivity index (χ0n) is 5.14. The summed E-state index contributed by atoms with van der Waals surface area (Å²) < 4.78 is 0. The van der Waals surface area contributed by atoms with Crippen molar-refractivity contribution < 1.29 is 0 Å². The summed E-state index contributed by atoms with van der Waals surface area (Å²) >= 11 is 0. The van der Waals surface area contributed by atoms with Crippen molar-refractivity contribution >= 4 is 0 Å². The lowest BCUT2D eigenvalue weighted by molar-refractivity contribution is 0.399. The molecule has 0 aliphatic carbocycles. The summed E-state index contributed by atoms with van der Waals surface area (Å²) in [5.74, 6) is 0. The fourth-order valence-electron chi connectivity index (χ4n) is 1.05. The van der Waals surface area contributed by atoms with Crippen molar-refractivity contribution in [1.82, 2.24) is 5.32 Å². The SMILES string of the molecule is NCC1CCCC[N]1. The van der Waals surface area contributed by atoms with Crippen LogP contribution in [0.4, 0.5) is 0 Å². The molecular formula is C6H13N2. The summed E-state index contributed by atoms with van der Waals surface area (Å²) in [6.45, 7) is 1.79. The van der Waals surface area contributed by atoms with Crippen LogP contribution in [0.5, 0.6) is 0 Å². The van der Waals surface area contributed by atoms with Crippen molar-refractivity contribution in [3.8, 4) is 0 Å². The first kappa shape index (κ1) is 6.05. The molecule has 1 radical (unpaired) electrons. The summed E-state index contributed by atoms with van der Waals surface area (Å²) in [6.07, 6.45) is 3.82. The van der Waals surface area contributed by atoms with E-state index in [0.717, 1.165) is 13.1 Å². The maximum atomic E-state index is 5.41. The van der Waals surface area contributed by atoms with Gasteiger partial charge in [-0.15, -0.1) is 0 Å². The topological polar surface area (TPSA) is 40.1 Å². The number of piperidine rings is 1. The third kappa shape index (κ3) is 1.46. The van der Waals surface area contributed by atoms with Gasteiger partial charge < -0.3 is 5.73 Å². The summed E-state index contributed by atoms with van der Waals surface area (Å²) in [5, 5.41) is 4.32. The Balaban J connectivity index is 2.13. The van der Waals surface area contributed by atoms with Gasteiger partial charge in [0, 0.05) is 19.1 Å². The normalized spacial score (nSPS) is 30.4. The predicted octanol–water partition coefficient (Wildman–Crippen LogP) is 0.102. The molecule has 1 saturated heterocycles. The Kier molecular flexibility index (Phi) is 2.30. The molecule has 1 aliphatic rings. The van der Waals surface area contributed by atoms with E-state index in [1.807, 2.05) is 0 Å². The van der Waals surface area contributed by atoms with Gasteiger partial charge in [-0.1, -0.05) is 6.42 Å². The molecule has 1 unspecified atom stereocenters. The quantitative estimate of drug-likeness (QED) is 0.515. The van der Waals surface area contributed by atoms with Gasteiger partial charge in [-0.2, -0.15) is 0 Å². The smallest absolute Gasteiger partial charge is 0.0368 e. The minimum atomic E-state index is 0.490. The summed E-state index contributed by atoms with van der Waals surface area (Å²) in [5.41, 5.74) is 5.41. The molecule has 0 aromatic heterocycles. The molecular weight excluding hydrogens is 100 g/mol. The van der Waals surface area contributed by atoms with E-state index in [2.05, 4.69) is 5.32 Å². The van der Waals surface area contributed by atoms with Crippen molar-refractivity contribution in [1.29, 1.82) is 0 Å². The number of hydrogen-bond donors (Lipinski definition) is 1. The highest BCUT2D eigenvalue weighted by atomic mass is 14.9. The van der Waals surface area contributed by atoms with E-state index in [1.165, 1.54) is 19.3 Å². The van der Waals surface area contributed by atoms with Crippen LogP contribution < -0.4 is 11.1 Å². The van der Waals surface area contributed by atoms with E-state index in [-0.39, 0.29) is 0 Å². The fourth-order valence-corrected chi connectivity index (χ4v) is 1.05. The Morgan fingerprint density at radius 3 is 2.75 bits per heavy atom. The van der Waals surface area contributed by atoms with Crippen LogP contribution in [0.15, 0.2) is 0 Å². The lowest BCUT2D eigenvalue weighted by Gasteiger charge is -2.18. The number of hydrogen-bond acceptors (Lipinski definition) is 1. The van der Waals surface area contributed by atoms with Gasteiger partial charge in [0.1, 0.15) is 0 Å². The largest absolute Gasteiger partial charge is 0.329 e. The molecule has 2 heteroatoms. The van der Waals surface area contributed by atoms with Gasteiger partial charge >= 0.3 is 0 Å². The highest BCUT2D eigenvalue weighted by Gasteiger charge is 2.10. The molecule has 2 nitrogen and oxygen atoms in total. The Labute approximate surface area is 50.4 Å². The van der Waals surface area contributed by atoms with E-state index in [1.54, 1.807) is 0 Å². The lowest BCUT2D eigenvalue weighted by atomic mass is 10.1. The van der Waals surface area contributed by atoms with Gasteiger partial charge in [-0.3, -0.25) is 0 Å². The first-order valence-electron chi connectivity index (χ1n) is 3.30. The van der Waals surface area contributed by atoms with Crippen LogP contribution in [0.1, 0.15) is 19.3 Å². The molecule has 0 bridgehead atoms. The van der Waals surface area contributed by atoms with E-state index < -0.39 is 0 Å². The number of nitrogens with two attached hydrogens (primary N) is 1. The van der Waals surface area contributed by atoms with Crippen LogP contribution in [0.2, 0.25) is 0 Å². The van der Waals surface area contributed by atoms with Gasteiger partial charge in [0.25, 0.3) is 0 Å². The average molecular weight is 113 g/mol. The molecule has 1 aliphatic heterocycles. The van der Waals surface area contributed by atoms with Gasteiger partial charge in [-0.25, -0.2) is 5.32 Å². The second-order valence-corrected chi connectivity index (χ2v) is 2.29. The monoisotopic (exact) mass is 113 g/mol. The molecule has 0 amide bonds. The third-order valence-corrected chi connectivity index (χ3v) is 1.60.